The van der Waals surface area contributed by atoms with Gasteiger partial charge in [-0.15, -0.1) is 0 Å². The van der Waals surface area contributed by atoms with E-state index in [1.54, 1.807) is 45.3 Å². The van der Waals surface area contributed by atoms with Crippen molar-refractivity contribution < 1.29 is 13.2 Å². The van der Waals surface area contributed by atoms with E-state index in [4.69, 9.17) is 4.74 Å². The highest BCUT2D eigenvalue weighted by molar-refractivity contribution is 7.89. The lowest BCUT2D eigenvalue weighted by atomic mass is 10.1. The van der Waals surface area contributed by atoms with Crippen molar-refractivity contribution in [2.24, 2.45) is 0 Å². The molecule has 0 aliphatic heterocycles. The van der Waals surface area contributed by atoms with Crippen LogP contribution in [0.2, 0.25) is 0 Å². The van der Waals surface area contributed by atoms with Crippen molar-refractivity contribution in [3.05, 3.63) is 36.4 Å². The topological polar surface area (TPSA) is 96.1 Å². The van der Waals surface area contributed by atoms with Crippen molar-refractivity contribution in [3.63, 3.8) is 0 Å². The van der Waals surface area contributed by atoms with Gasteiger partial charge in [0.25, 0.3) is 0 Å². The van der Waals surface area contributed by atoms with Crippen LogP contribution in [0.15, 0.2) is 35.5 Å². The predicted octanol–water partition coefficient (Wildman–Crippen LogP) is 2.11. The van der Waals surface area contributed by atoms with Gasteiger partial charge in [-0.05, 0) is 39.0 Å². The van der Waals surface area contributed by atoms with Gasteiger partial charge in [-0.1, -0.05) is 0 Å². The van der Waals surface area contributed by atoms with Crippen molar-refractivity contribution in [3.8, 4) is 5.75 Å². The zero-order valence-electron chi connectivity index (χ0n) is 13.7. The Morgan fingerprint density at radius 3 is 2.61 bits per heavy atom. The van der Waals surface area contributed by atoms with Gasteiger partial charge >= 0.3 is 0 Å². The zero-order valence-corrected chi connectivity index (χ0v) is 14.5. The lowest BCUT2D eigenvalue weighted by Gasteiger charge is -2.21. The Hall–Kier alpha value is -2.06. The molecule has 7 nitrogen and oxygen atoms in total. The summed E-state index contributed by atoms with van der Waals surface area (Å²) in [5.74, 6) is 1.30. The maximum absolute atomic E-state index is 12.4. The molecule has 1 heterocycles. The maximum atomic E-state index is 12.4. The molecule has 126 valence electrons. The average Bonchev–Trinajstić information content (AvgIpc) is 2.95. The number of methoxy groups -OCH3 is 1. The van der Waals surface area contributed by atoms with Gasteiger partial charge in [-0.25, -0.2) is 18.1 Å². The Balaban J connectivity index is 2.27. The highest BCUT2D eigenvalue weighted by Gasteiger charge is 2.23. The van der Waals surface area contributed by atoms with E-state index in [1.165, 1.54) is 13.2 Å². The van der Waals surface area contributed by atoms with Crippen LogP contribution < -0.4 is 14.8 Å². The number of H-pyrrole nitrogens is 1. The van der Waals surface area contributed by atoms with Crippen molar-refractivity contribution in [2.45, 2.75) is 37.8 Å². The molecule has 0 radical (unpaired) electrons. The van der Waals surface area contributed by atoms with Gasteiger partial charge in [0.2, 0.25) is 10.0 Å². The number of anilines is 1. The smallest absolute Gasteiger partial charge is 0.241 e. The molecule has 0 aliphatic carbocycles. The largest absolute Gasteiger partial charge is 0.495 e. The summed E-state index contributed by atoms with van der Waals surface area (Å²) in [4.78, 5) is 7.27. The number of hydrogen-bond donors (Lipinski definition) is 3. The SMILES string of the molecule is COc1ccc(S(=O)(=O)NC(C)(C)C)cc1NCc1ncc[nH]1. The van der Waals surface area contributed by atoms with Crippen molar-refractivity contribution in [2.75, 3.05) is 12.4 Å². The molecule has 23 heavy (non-hydrogen) atoms. The van der Waals surface area contributed by atoms with E-state index in [-0.39, 0.29) is 4.90 Å². The van der Waals surface area contributed by atoms with Gasteiger partial charge in [0.1, 0.15) is 11.6 Å². The molecular weight excluding hydrogens is 316 g/mol. The number of benzene rings is 1. The molecule has 0 bridgehead atoms. The van der Waals surface area contributed by atoms with Crippen LogP contribution in [-0.4, -0.2) is 31.0 Å². The minimum Gasteiger partial charge on any atom is -0.495 e. The first-order chi connectivity index (χ1) is 10.7. The Labute approximate surface area is 136 Å². The van der Waals surface area contributed by atoms with Gasteiger partial charge in [0.15, 0.2) is 0 Å². The van der Waals surface area contributed by atoms with Crippen LogP contribution in [0.5, 0.6) is 5.75 Å². The number of rotatable bonds is 6. The third-order valence-corrected chi connectivity index (χ3v) is 4.68. The quantitative estimate of drug-likeness (QED) is 0.749. The average molecular weight is 338 g/mol. The Bertz CT molecular complexity index is 750. The number of ether oxygens (including phenoxy) is 1. The van der Waals surface area contributed by atoms with Crippen LogP contribution in [0.3, 0.4) is 0 Å². The fourth-order valence-electron chi connectivity index (χ4n) is 2.03. The van der Waals surface area contributed by atoms with Gasteiger partial charge in [-0.2, -0.15) is 0 Å². The molecule has 0 fully saturated rings. The Morgan fingerprint density at radius 1 is 1.30 bits per heavy atom. The third-order valence-electron chi connectivity index (χ3n) is 2.92. The van der Waals surface area contributed by atoms with Crippen LogP contribution in [0, 0.1) is 0 Å². The molecule has 3 N–H and O–H groups in total. The van der Waals surface area contributed by atoms with Gasteiger partial charge in [-0.3, -0.25) is 0 Å². The number of aromatic nitrogens is 2. The van der Waals surface area contributed by atoms with Crippen molar-refractivity contribution in [1.29, 1.82) is 0 Å². The first-order valence-electron chi connectivity index (χ1n) is 7.15. The Kier molecular flexibility index (Phi) is 4.96. The minimum atomic E-state index is -3.61. The van der Waals surface area contributed by atoms with Crippen LogP contribution in [0.4, 0.5) is 5.69 Å². The summed E-state index contributed by atoms with van der Waals surface area (Å²) in [7, 11) is -2.07. The number of hydrogen-bond acceptors (Lipinski definition) is 5. The van der Waals surface area contributed by atoms with Crippen molar-refractivity contribution >= 4 is 15.7 Å². The molecule has 0 aliphatic rings. The van der Waals surface area contributed by atoms with Crippen LogP contribution in [0.1, 0.15) is 26.6 Å². The number of aromatic amines is 1. The molecule has 0 unspecified atom stereocenters. The van der Waals surface area contributed by atoms with E-state index in [2.05, 4.69) is 20.0 Å². The van der Waals surface area contributed by atoms with E-state index < -0.39 is 15.6 Å². The number of sulfonamides is 1. The third kappa shape index (κ3) is 4.70. The van der Waals surface area contributed by atoms with Crippen LogP contribution >= 0.6 is 0 Å². The summed E-state index contributed by atoms with van der Waals surface area (Å²) in [5, 5.41) is 3.13. The predicted molar refractivity (Wildman–Crippen MR) is 89.0 cm³/mol. The van der Waals surface area contributed by atoms with Crippen LogP contribution in [0.25, 0.3) is 0 Å². The molecule has 0 amide bonds. The van der Waals surface area contributed by atoms with E-state index in [0.29, 0.717) is 18.0 Å². The van der Waals surface area contributed by atoms with E-state index in [9.17, 15) is 8.42 Å². The second kappa shape index (κ2) is 6.59. The summed E-state index contributed by atoms with van der Waals surface area (Å²) in [5.41, 5.74) is 0.0289. The summed E-state index contributed by atoms with van der Waals surface area (Å²) < 4.78 is 32.8. The second-order valence-electron chi connectivity index (χ2n) is 6.11. The molecule has 0 spiro atoms. The number of nitrogens with zero attached hydrogens (tertiary/aromatic N) is 1. The molecule has 1 aromatic heterocycles. The fourth-order valence-corrected chi connectivity index (χ4v) is 3.47. The van der Waals surface area contributed by atoms with Gasteiger partial charge in [0, 0.05) is 17.9 Å². The molecular formula is C15H22N4O3S. The van der Waals surface area contributed by atoms with E-state index in [0.717, 1.165) is 5.82 Å². The Morgan fingerprint density at radius 2 is 2.04 bits per heavy atom. The second-order valence-corrected chi connectivity index (χ2v) is 7.79. The van der Waals surface area contributed by atoms with Crippen LogP contribution in [-0.2, 0) is 16.6 Å². The van der Waals surface area contributed by atoms with Gasteiger partial charge in [0.05, 0.1) is 24.2 Å². The maximum Gasteiger partial charge on any atom is 0.241 e. The monoisotopic (exact) mass is 338 g/mol. The molecule has 1 aromatic carbocycles. The van der Waals surface area contributed by atoms with E-state index >= 15 is 0 Å². The number of imidazole rings is 1. The fraction of sp³-hybridized carbons (Fsp3) is 0.400. The van der Waals surface area contributed by atoms with Gasteiger partial charge < -0.3 is 15.0 Å². The molecule has 2 rings (SSSR count). The highest BCUT2D eigenvalue weighted by Crippen LogP contribution is 2.28. The summed E-state index contributed by atoms with van der Waals surface area (Å²) in [6.07, 6.45) is 3.38. The van der Waals surface area contributed by atoms with Crippen molar-refractivity contribution in [1.82, 2.24) is 14.7 Å². The molecule has 8 heteroatoms. The summed E-state index contributed by atoms with van der Waals surface area (Å²) in [6.45, 7) is 5.82. The summed E-state index contributed by atoms with van der Waals surface area (Å²) in [6, 6.07) is 4.70. The standard InChI is InChI=1S/C15H22N4O3S/c1-15(2,3)19-23(20,21)11-5-6-13(22-4)12(9-11)18-10-14-16-7-8-17-14/h5-9,18-19H,10H2,1-4H3,(H,16,17). The highest BCUT2D eigenvalue weighted by atomic mass is 32.2. The molecule has 0 atom stereocenters. The minimum absolute atomic E-state index is 0.176. The normalized spacial score (nSPS) is 12.2. The first-order valence-corrected chi connectivity index (χ1v) is 8.64. The zero-order chi connectivity index (χ0) is 17.1. The first kappa shape index (κ1) is 17.3. The lowest BCUT2D eigenvalue weighted by Crippen LogP contribution is -2.40. The summed E-state index contributed by atoms with van der Waals surface area (Å²) >= 11 is 0. The molecule has 0 saturated heterocycles. The molecule has 0 saturated carbocycles. The number of nitrogens with one attached hydrogen (secondary N) is 3. The lowest BCUT2D eigenvalue weighted by molar-refractivity contribution is 0.416. The molecule has 2 aromatic rings. The van der Waals surface area contributed by atoms with E-state index in [1.807, 2.05) is 0 Å².